The zero-order chi connectivity index (χ0) is 27.4. The van der Waals surface area contributed by atoms with Gasteiger partial charge in [-0.2, -0.15) is 0 Å². The second-order valence-corrected chi connectivity index (χ2v) is 8.94. The van der Waals surface area contributed by atoms with Crippen molar-refractivity contribution in [3.63, 3.8) is 0 Å². The highest BCUT2D eigenvalue weighted by Gasteiger charge is 2.24. The van der Waals surface area contributed by atoms with Crippen LogP contribution in [0, 0.1) is 24.4 Å². The summed E-state index contributed by atoms with van der Waals surface area (Å²) in [7, 11) is 3.01. The van der Waals surface area contributed by atoms with E-state index in [1.165, 1.54) is 38.3 Å². The number of ether oxygens (including phenoxy) is 1. The Kier molecular flexibility index (Phi) is 8.16. The number of halogens is 3. The number of aromatic nitrogens is 2. The van der Waals surface area contributed by atoms with Gasteiger partial charge in [-0.25, -0.2) is 18.0 Å². The van der Waals surface area contributed by atoms with Crippen molar-refractivity contribution in [3.05, 3.63) is 122 Å². The molecular formula is C29H28F3N3O3. The van der Waals surface area contributed by atoms with Crippen molar-refractivity contribution in [2.75, 3.05) is 14.2 Å². The molecule has 198 valence electrons. The van der Waals surface area contributed by atoms with E-state index < -0.39 is 35.2 Å². The Hall–Kier alpha value is -4.11. The van der Waals surface area contributed by atoms with Crippen molar-refractivity contribution in [1.82, 2.24) is 14.5 Å². The normalized spacial score (nSPS) is 11.9. The third-order valence-corrected chi connectivity index (χ3v) is 6.65. The number of benzene rings is 3. The van der Waals surface area contributed by atoms with Crippen molar-refractivity contribution in [1.29, 1.82) is 0 Å². The number of hydrogen-bond acceptors (Lipinski definition) is 4. The van der Waals surface area contributed by atoms with Crippen LogP contribution in [0.3, 0.4) is 0 Å². The number of likely N-dealkylation sites (N-methyl/N-ethyl adjacent to an activating group) is 1. The summed E-state index contributed by atoms with van der Waals surface area (Å²) in [5, 5.41) is 3.12. The van der Waals surface area contributed by atoms with Gasteiger partial charge in [0.05, 0.1) is 19.2 Å². The van der Waals surface area contributed by atoms with Gasteiger partial charge in [0.25, 0.3) is 5.56 Å². The zero-order valence-corrected chi connectivity index (χ0v) is 21.3. The van der Waals surface area contributed by atoms with Crippen molar-refractivity contribution >= 4 is 0 Å². The Morgan fingerprint density at radius 1 is 0.895 bits per heavy atom. The second-order valence-electron chi connectivity index (χ2n) is 8.94. The highest BCUT2D eigenvalue weighted by atomic mass is 19.1. The summed E-state index contributed by atoms with van der Waals surface area (Å²) in [4.78, 5) is 27.4. The SMILES string of the molecule is CNC(Cc1ccccc1)Cn1c(=O)c(-c2cccc(OC)c2F)c(C)n(Cc2c(F)cccc2F)c1=O. The van der Waals surface area contributed by atoms with Crippen molar-refractivity contribution in [2.24, 2.45) is 0 Å². The Morgan fingerprint density at radius 3 is 2.18 bits per heavy atom. The summed E-state index contributed by atoms with van der Waals surface area (Å²) in [6.07, 6.45) is 0.502. The molecule has 1 N–H and O–H groups in total. The van der Waals surface area contributed by atoms with Gasteiger partial charge in [-0.15, -0.1) is 0 Å². The Bertz CT molecular complexity index is 1550. The fourth-order valence-corrected chi connectivity index (χ4v) is 4.54. The van der Waals surface area contributed by atoms with E-state index in [0.29, 0.717) is 6.42 Å². The molecule has 0 aliphatic heterocycles. The van der Waals surface area contributed by atoms with Gasteiger partial charge in [-0.3, -0.25) is 13.9 Å². The number of rotatable bonds is 9. The predicted octanol–water partition coefficient (Wildman–Crippen LogP) is 4.29. The van der Waals surface area contributed by atoms with E-state index in [1.54, 1.807) is 7.05 Å². The van der Waals surface area contributed by atoms with Crippen molar-refractivity contribution in [2.45, 2.75) is 32.5 Å². The first-order chi connectivity index (χ1) is 18.3. The average Bonchev–Trinajstić information content (AvgIpc) is 2.91. The minimum Gasteiger partial charge on any atom is -0.494 e. The molecule has 0 saturated carbocycles. The van der Waals surface area contributed by atoms with Crippen LogP contribution in [0.25, 0.3) is 11.1 Å². The lowest BCUT2D eigenvalue weighted by Gasteiger charge is -2.22. The molecule has 1 atom stereocenters. The summed E-state index contributed by atoms with van der Waals surface area (Å²) < 4.78 is 51.7. The van der Waals surface area contributed by atoms with E-state index in [2.05, 4.69) is 5.32 Å². The number of hydrogen-bond donors (Lipinski definition) is 1. The van der Waals surface area contributed by atoms with Crippen LogP contribution in [0.1, 0.15) is 16.8 Å². The van der Waals surface area contributed by atoms with E-state index in [9.17, 15) is 18.4 Å². The Morgan fingerprint density at radius 2 is 1.55 bits per heavy atom. The van der Waals surface area contributed by atoms with Crippen LogP contribution in [0.4, 0.5) is 13.2 Å². The topological polar surface area (TPSA) is 65.3 Å². The predicted molar refractivity (Wildman–Crippen MR) is 140 cm³/mol. The van der Waals surface area contributed by atoms with E-state index >= 15 is 4.39 Å². The van der Waals surface area contributed by atoms with E-state index in [1.807, 2.05) is 30.3 Å². The van der Waals surface area contributed by atoms with Crippen molar-refractivity contribution < 1.29 is 17.9 Å². The molecule has 1 unspecified atom stereocenters. The molecule has 1 heterocycles. The monoisotopic (exact) mass is 523 g/mol. The minimum absolute atomic E-state index is 0.0539. The summed E-state index contributed by atoms with van der Waals surface area (Å²) in [5.41, 5.74) is -0.905. The van der Waals surface area contributed by atoms with Crippen LogP contribution >= 0.6 is 0 Å². The molecule has 0 aliphatic carbocycles. The molecule has 0 amide bonds. The lowest BCUT2D eigenvalue weighted by atomic mass is 10.0. The third-order valence-electron chi connectivity index (χ3n) is 6.65. The number of nitrogens with one attached hydrogen (secondary N) is 1. The van der Waals surface area contributed by atoms with E-state index in [-0.39, 0.29) is 40.7 Å². The quantitative estimate of drug-likeness (QED) is 0.356. The van der Waals surface area contributed by atoms with E-state index in [0.717, 1.165) is 26.8 Å². The van der Waals surface area contributed by atoms with Gasteiger partial charge in [0.1, 0.15) is 11.6 Å². The Labute approximate surface area is 217 Å². The second kappa shape index (κ2) is 11.5. The maximum absolute atomic E-state index is 15.4. The summed E-state index contributed by atoms with van der Waals surface area (Å²) in [6, 6.07) is 16.9. The molecule has 4 rings (SSSR count). The first-order valence-corrected chi connectivity index (χ1v) is 12.1. The standard InChI is InChI=1S/C29H28F3N3O3/c1-18-26(21-11-7-14-25(38-3)27(21)32)28(36)35(16-20(33-2)15-19-9-5-4-6-10-19)29(37)34(18)17-22-23(30)12-8-13-24(22)31/h4-14,20,33H,15-17H2,1-3H3. The van der Waals surface area contributed by atoms with Gasteiger partial charge in [-0.1, -0.05) is 48.5 Å². The van der Waals surface area contributed by atoms with Crippen LogP contribution < -0.4 is 21.3 Å². The van der Waals surface area contributed by atoms with Crippen LogP contribution in [0.15, 0.2) is 76.3 Å². The summed E-state index contributed by atoms with van der Waals surface area (Å²) in [6.45, 7) is 0.923. The van der Waals surface area contributed by atoms with Gasteiger partial charge in [0.2, 0.25) is 0 Å². The van der Waals surface area contributed by atoms with Gasteiger partial charge in [0.15, 0.2) is 11.6 Å². The first kappa shape index (κ1) is 26.9. The average molecular weight is 524 g/mol. The fourth-order valence-electron chi connectivity index (χ4n) is 4.54. The van der Waals surface area contributed by atoms with Crippen LogP contribution in [-0.4, -0.2) is 29.3 Å². The molecule has 0 aliphatic rings. The molecular weight excluding hydrogens is 495 g/mol. The maximum Gasteiger partial charge on any atom is 0.331 e. The lowest BCUT2D eigenvalue weighted by molar-refractivity contribution is 0.387. The van der Waals surface area contributed by atoms with Crippen LogP contribution in [0.5, 0.6) is 5.75 Å². The molecule has 9 heteroatoms. The van der Waals surface area contributed by atoms with Crippen LogP contribution in [-0.2, 0) is 19.5 Å². The summed E-state index contributed by atoms with van der Waals surface area (Å²) >= 11 is 0. The first-order valence-electron chi connectivity index (χ1n) is 12.1. The largest absolute Gasteiger partial charge is 0.494 e. The summed E-state index contributed by atoms with van der Waals surface area (Å²) in [5.74, 6) is -2.53. The molecule has 38 heavy (non-hydrogen) atoms. The molecule has 0 saturated heterocycles. The molecule has 0 spiro atoms. The van der Waals surface area contributed by atoms with Crippen molar-refractivity contribution in [3.8, 4) is 16.9 Å². The zero-order valence-electron chi connectivity index (χ0n) is 21.3. The molecule has 0 radical (unpaired) electrons. The third kappa shape index (κ3) is 5.28. The fraction of sp³-hybridized carbons (Fsp3) is 0.241. The smallest absolute Gasteiger partial charge is 0.331 e. The minimum atomic E-state index is -0.833. The Balaban J connectivity index is 1.93. The molecule has 1 aromatic heterocycles. The number of methoxy groups -OCH3 is 1. The molecule has 6 nitrogen and oxygen atoms in total. The van der Waals surface area contributed by atoms with Gasteiger partial charge < -0.3 is 10.1 Å². The molecule has 4 aromatic rings. The molecule has 0 bridgehead atoms. The highest BCUT2D eigenvalue weighted by molar-refractivity contribution is 5.67. The van der Waals surface area contributed by atoms with E-state index in [4.69, 9.17) is 4.74 Å². The van der Waals surface area contributed by atoms with Gasteiger partial charge in [-0.05, 0) is 44.2 Å². The van der Waals surface area contributed by atoms with Gasteiger partial charge in [0, 0.05) is 29.4 Å². The molecule has 3 aromatic carbocycles. The lowest BCUT2D eigenvalue weighted by Crippen LogP contribution is -2.47. The van der Waals surface area contributed by atoms with Crippen LogP contribution in [0.2, 0.25) is 0 Å². The van der Waals surface area contributed by atoms with Gasteiger partial charge >= 0.3 is 5.69 Å². The maximum atomic E-state index is 15.4. The number of nitrogens with zero attached hydrogens (tertiary/aromatic N) is 2. The molecule has 0 fully saturated rings. The highest BCUT2D eigenvalue weighted by Crippen LogP contribution is 2.29.